The van der Waals surface area contributed by atoms with Crippen LogP contribution in [0.1, 0.15) is 16.1 Å². The number of hydrogen-bond donors (Lipinski definition) is 0. The molecule has 10 heteroatoms. The first-order chi connectivity index (χ1) is 21.0. The number of fused-ring (bicyclic) bond motifs is 1. The van der Waals surface area contributed by atoms with Crippen molar-refractivity contribution in [2.24, 2.45) is 0 Å². The van der Waals surface area contributed by atoms with E-state index in [0.717, 1.165) is 16.3 Å². The quantitative estimate of drug-likeness (QED) is 0.219. The second kappa shape index (κ2) is 13.6. The third-order valence-electron chi connectivity index (χ3n) is 7.33. The van der Waals surface area contributed by atoms with E-state index < -0.39 is 5.97 Å². The van der Waals surface area contributed by atoms with Gasteiger partial charge in [-0.05, 0) is 46.8 Å². The number of anilines is 1. The summed E-state index contributed by atoms with van der Waals surface area (Å²) >= 11 is 0. The Bertz CT molecular complexity index is 1550. The Morgan fingerprint density at radius 1 is 0.930 bits per heavy atom. The fourth-order valence-electron chi connectivity index (χ4n) is 5.31. The molecule has 1 unspecified atom stereocenters. The number of esters is 1. The molecule has 0 bridgehead atoms. The molecule has 0 saturated carbocycles. The van der Waals surface area contributed by atoms with E-state index in [2.05, 4.69) is 4.90 Å². The van der Waals surface area contributed by atoms with Crippen molar-refractivity contribution in [3.05, 3.63) is 71.9 Å². The highest BCUT2D eigenvalue weighted by atomic mass is 16.5. The van der Waals surface area contributed by atoms with E-state index in [1.54, 1.807) is 40.6 Å². The number of carbonyl (C=O) groups excluding carboxylic acids is 1. The number of carbonyl (C=O) groups is 1. The summed E-state index contributed by atoms with van der Waals surface area (Å²) in [5.74, 6) is 2.06. The van der Waals surface area contributed by atoms with Crippen LogP contribution in [0.25, 0.3) is 21.9 Å². The Morgan fingerprint density at radius 3 is 2.33 bits per heavy atom. The van der Waals surface area contributed by atoms with Crippen LogP contribution in [0, 0.1) is 0 Å². The SMILES string of the molecule is COCC1CN(c2nc(C(=O)OC)c(-c3cc(OC)c(OC)c(OC)c3)c3ccc(OCc4ccccc4)cc23)CCO1. The minimum absolute atomic E-state index is 0.149. The van der Waals surface area contributed by atoms with Crippen LogP contribution >= 0.6 is 0 Å². The number of pyridine rings is 1. The van der Waals surface area contributed by atoms with Gasteiger partial charge in [0, 0.05) is 31.1 Å². The topological polar surface area (TPSA) is 97.8 Å². The minimum atomic E-state index is -0.571. The second-order valence-corrected chi connectivity index (χ2v) is 9.94. The van der Waals surface area contributed by atoms with E-state index in [1.807, 2.05) is 48.5 Å². The molecule has 1 atom stereocenters. The number of nitrogens with zero attached hydrogens (tertiary/aromatic N) is 2. The van der Waals surface area contributed by atoms with Gasteiger partial charge in [0.25, 0.3) is 0 Å². The molecule has 0 spiro atoms. The van der Waals surface area contributed by atoms with Crippen LogP contribution in [-0.2, 0) is 20.8 Å². The Hall–Kier alpha value is -4.54. The van der Waals surface area contributed by atoms with Crippen molar-refractivity contribution in [2.75, 3.05) is 66.8 Å². The first-order valence-electron chi connectivity index (χ1n) is 13.9. The van der Waals surface area contributed by atoms with Gasteiger partial charge < -0.3 is 38.1 Å². The zero-order valence-corrected chi connectivity index (χ0v) is 25.0. The van der Waals surface area contributed by atoms with E-state index in [4.69, 9.17) is 38.1 Å². The van der Waals surface area contributed by atoms with Gasteiger partial charge in [-0.25, -0.2) is 9.78 Å². The summed E-state index contributed by atoms with van der Waals surface area (Å²) in [6.45, 7) is 2.45. The van der Waals surface area contributed by atoms with Gasteiger partial charge in [0.15, 0.2) is 17.2 Å². The summed E-state index contributed by atoms with van der Waals surface area (Å²) in [6.07, 6.45) is -0.149. The molecule has 43 heavy (non-hydrogen) atoms. The molecule has 0 amide bonds. The Balaban J connectivity index is 1.73. The average Bonchev–Trinajstić information content (AvgIpc) is 3.06. The van der Waals surface area contributed by atoms with Crippen LogP contribution in [0.4, 0.5) is 5.82 Å². The first-order valence-corrected chi connectivity index (χ1v) is 13.9. The fraction of sp³-hybridized carbons (Fsp3) is 0.333. The molecule has 0 aliphatic carbocycles. The third-order valence-corrected chi connectivity index (χ3v) is 7.33. The predicted octanol–water partition coefficient (Wildman–Crippen LogP) is 5.14. The highest BCUT2D eigenvalue weighted by molar-refractivity contribution is 6.10. The molecule has 1 aromatic heterocycles. The summed E-state index contributed by atoms with van der Waals surface area (Å²) in [7, 11) is 7.63. The molecule has 5 rings (SSSR count). The fourth-order valence-corrected chi connectivity index (χ4v) is 5.31. The van der Waals surface area contributed by atoms with Gasteiger partial charge in [-0.2, -0.15) is 0 Å². The lowest BCUT2D eigenvalue weighted by atomic mass is 9.95. The number of ether oxygens (including phenoxy) is 7. The van der Waals surface area contributed by atoms with Gasteiger partial charge >= 0.3 is 5.97 Å². The standard InChI is InChI=1S/C33H36N2O8/c1-37-20-24-18-35(13-14-42-24)32-26-17-23(43-19-21-9-7-6-8-10-21)11-12-25(26)29(30(34-32)33(36)41-5)22-15-27(38-2)31(40-4)28(16-22)39-3/h6-12,15-17,24H,13-14,18-20H2,1-5H3. The summed E-state index contributed by atoms with van der Waals surface area (Å²) in [5, 5.41) is 1.58. The van der Waals surface area contributed by atoms with Crippen LogP contribution in [0.3, 0.4) is 0 Å². The second-order valence-electron chi connectivity index (χ2n) is 9.94. The largest absolute Gasteiger partial charge is 0.493 e. The van der Waals surface area contributed by atoms with Crippen LogP contribution in [0.15, 0.2) is 60.7 Å². The van der Waals surface area contributed by atoms with E-state index >= 15 is 0 Å². The molecule has 1 aliphatic rings. The van der Waals surface area contributed by atoms with Gasteiger partial charge in [-0.3, -0.25) is 0 Å². The van der Waals surface area contributed by atoms with Crippen LogP contribution in [0.5, 0.6) is 23.0 Å². The van der Waals surface area contributed by atoms with Gasteiger partial charge in [0.1, 0.15) is 18.2 Å². The maximum absolute atomic E-state index is 13.4. The predicted molar refractivity (Wildman–Crippen MR) is 163 cm³/mol. The summed E-state index contributed by atoms with van der Waals surface area (Å²) in [6, 6.07) is 19.4. The van der Waals surface area contributed by atoms with E-state index in [1.165, 1.54) is 7.11 Å². The van der Waals surface area contributed by atoms with Crippen molar-refractivity contribution in [3.8, 4) is 34.1 Å². The maximum Gasteiger partial charge on any atom is 0.357 e. The molecule has 226 valence electrons. The normalized spacial score (nSPS) is 14.8. The summed E-state index contributed by atoms with van der Waals surface area (Å²) < 4.78 is 39.5. The van der Waals surface area contributed by atoms with Crippen molar-refractivity contribution in [3.63, 3.8) is 0 Å². The lowest BCUT2D eigenvalue weighted by Gasteiger charge is -2.34. The molecule has 3 aromatic carbocycles. The smallest absolute Gasteiger partial charge is 0.357 e. The molecular weight excluding hydrogens is 552 g/mol. The van der Waals surface area contributed by atoms with Gasteiger partial charge in [-0.15, -0.1) is 0 Å². The first kappa shape index (κ1) is 29.9. The molecule has 1 fully saturated rings. The summed E-state index contributed by atoms with van der Waals surface area (Å²) in [4.78, 5) is 20.4. The van der Waals surface area contributed by atoms with Crippen molar-refractivity contribution >= 4 is 22.6 Å². The number of methoxy groups -OCH3 is 5. The minimum Gasteiger partial charge on any atom is -0.493 e. The van der Waals surface area contributed by atoms with Gasteiger partial charge in [0.05, 0.1) is 47.8 Å². The number of hydrogen-bond acceptors (Lipinski definition) is 10. The zero-order valence-electron chi connectivity index (χ0n) is 25.0. The maximum atomic E-state index is 13.4. The van der Waals surface area contributed by atoms with Crippen LogP contribution in [0.2, 0.25) is 0 Å². The number of morpholine rings is 1. The molecule has 10 nitrogen and oxygen atoms in total. The average molecular weight is 589 g/mol. The third kappa shape index (κ3) is 6.30. The molecule has 0 N–H and O–H groups in total. The molecule has 4 aromatic rings. The van der Waals surface area contributed by atoms with Crippen molar-refractivity contribution in [1.82, 2.24) is 4.98 Å². The monoisotopic (exact) mass is 588 g/mol. The number of rotatable bonds is 11. The lowest BCUT2D eigenvalue weighted by molar-refractivity contribution is -0.0101. The van der Waals surface area contributed by atoms with Crippen molar-refractivity contribution in [2.45, 2.75) is 12.7 Å². The Kier molecular flexibility index (Phi) is 9.48. The highest BCUT2D eigenvalue weighted by Crippen LogP contribution is 2.45. The molecule has 1 aliphatic heterocycles. The van der Waals surface area contributed by atoms with E-state index in [9.17, 15) is 4.79 Å². The number of benzene rings is 3. The molecule has 0 radical (unpaired) electrons. The van der Waals surface area contributed by atoms with Crippen LogP contribution in [-0.4, -0.2) is 78.9 Å². The lowest BCUT2D eigenvalue weighted by Crippen LogP contribution is -2.45. The van der Waals surface area contributed by atoms with Gasteiger partial charge in [0.2, 0.25) is 5.75 Å². The summed E-state index contributed by atoms with van der Waals surface area (Å²) in [5.41, 5.74) is 2.43. The Morgan fingerprint density at radius 2 is 1.67 bits per heavy atom. The molecule has 2 heterocycles. The van der Waals surface area contributed by atoms with E-state index in [0.29, 0.717) is 72.9 Å². The molecular formula is C33H36N2O8. The number of aromatic nitrogens is 1. The highest BCUT2D eigenvalue weighted by Gasteiger charge is 2.29. The Labute approximate surface area is 251 Å². The van der Waals surface area contributed by atoms with Crippen LogP contribution < -0.4 is 23.8 Å². The van der Waals surface area contributed by atoms with Gasteiger partial charge in [-0.1, -0.05) is 30.3 Å². The van der Waals surface area contributed by atoms with E-state index in [-0.39, 0.29) is 11.8 Å². The zero-order chi connectivity index (χ0) is 30.3. The van der Waals surface area contributed by atoms with Crippen molar-refractivity contribution < 1.29 is 38.0 Å². The molecule has 1 saturated heterocycles. The van der Waals surface area contributed by atoms with Crippen molar-refractivity contribution in [1.29, 1.82) is 0 Å².